The minimum atomic E-state index is -4.45. The lowest BCUT2D eigenvalue weighted by Gasteiger charge is -2.21. The Kier molecular flexibility index (Phi) is 6.68. The van der Waals surface area contributed by atoms with E-state index in [-0.39, 0.29) is 30.6 Å². The maximum absolute atomic E-state index is 13.1. The Hall–Kier alpha value is -1.27. The van der Waals surface area contributed by atoms with Crippen molar-refractivity contribution >= 4 is 18.3 Å². The molecule has 1 aliphatic carbocycles. The number of alkyl halides is 3. The molecule has 0 saturated heterocycles. The van der Waals surface area contributed by atoms with E-state index in [4.69, 9.17) is 5.73 Å². The molecule has 124 valence electrons. The quantitative estimate of drug-likeness (QED) is 0.839. The summed E-state index contributed by atoms with van der Waals surface area (Å²) >= 11 is 0. The molecule has 1 aliphatic rings. The zero-order valence-corrected chi connectivity index (χ0v) is 12.8. The van der Waals surface area contributed by atoms with Crippen LogP contribution in [0.4, 0.5) is 13.2 Å². The first-order valence-electron chi connectivity index (χ1n) is 7.02. The Morgan fingerprint density at radius 1 is 1.27 bits per heavy atom. The molecule has 0 heterocycles. The minimum absolute atomic E-state index is 0. The monoisotopic (exact) mass is 336 g/mol. The van der Waals surface area contributed by atoms with Crippen LogP contribution in [-0.4, -0.2) is 24.7 Å². The highest BCUT2D eigenvalue weighted by Crippen LogP contribution is 2.37. The van der Waals surface area contributed by atoms with Gasteiger partial charge in [0.1, 0.15) is 0 Å². The summed E-state index contributed by atoms with van der Waals surface area (Å²) in [5, 5.41) is 2.51. The van der Waals surface area contributed by atoms with Gasteiger partial charge in [0.05, 0.1) is 5.92 Å². The Labute approximate surface area is 133 Å². The van der Waals surface area contributed by atoms with Gasteiger partial charge in [0.2, 0.25) is 5.91 Å². The highest BCUT2D eigenvalue weighted by molar-refractivity contribution is 5.85. The predicted octanol–water partition coefficient (Wildman–Crippen LogP) is 3.00. The average molecular weight is 337 g/mol. The summed E-state index contributed by atoms with van der Waals surface area (Å²) < 4.78 is 39.3. The van der Waals surface area contributed by atoms with Crippen molar-refractivity contribution in [1.82, 2.24) is 5.32 Å². The molecule has 0 aromatic heterocycles. The smallest absolute Gasteiger partial charge is 0.355 e. The number of amides is 1. The highest BCUT2D eigenvalue weighted by Gasteiger charge is 2.41. The lowest BCUT2D eigenvalue weighted by atomic mass is 9.94. The second-order valence-corrected chi connectivity index (χ2v) is 5.51. The number of rotatable bonds is 6. The van der Waals surface area contributed by atoms with Crippen LogP contribution in [0.25, 0.3) is 0 Å². The van der Waals surface area contributed by atoms with Crippen LogP contribution >= 0.6 is 12.4 Å². The maximum Gasteiger partial charge on any atom is 0.396 e. The molecule has 2 atom stereocenters. The summed E-state index contributed by atoms with van der Waals surface area (Å²) in [4.78, 5) is 11.8. The van der Waals surface area contributed by atoms with E-state index in [0.29, 0.717) is 5.92 Å². The van der Waals surface area contributed by atoms with E-state index in [1.165, 1.54) is 24.3 Å². The standard InChI is InChI=1S/C15H19F3N2O.ClH/c16-15(17,18)12(10-4-2-1-3-5-10)8-14(21)20-9-13(19)11-6-7-11;/h1-5,11-13H,6-9,19H2,(H,20,21);1H. The number of hydrogen-bond donors (Lipinski definition) is 2. The highest BCUT2D eigenvalue weighted by atomic mass is 35.5. The first-order valence-corrected chi connectivity index (χ1v) is 7.02. The molecule has 7 heteroatoms. The van der Waals surface area contributed by atoms with Crippen molar-refractivity contribution in [1.29, 1.82) is 0 Å². The summed E-state index contributed by atoms with van der Waals surface area (Å²) in [6.07, 6.45) is -2.99. The van der Waals surface area contributed by atoms with Crippen molar-refractivity contribution in [3.8, 4) is 0 Å². The number of nitrogens with two attached hydrogens (primary N) is 1. The maximum atomic E-state index is 13.1. The number of carbonyl (C=O) groups is 1. The number of halogens is 4. The first kappa shape index (κ1) is 18.8. The van der Waals surface area contributed by atoms with Crippen LogP contribution in [-0.2, 0) is 4.79 Å². The predicted molar refractivity (Wildman–Crippen MR) is 80.8 cm³/mol. The topological polar surface area (TPSA) is 55.1 Å². The molecule has 0 aliphatic heterocycles. The van der Waals surface area contributed by atoms with Gasteiger partial charge in [0, 0.05) is 19.0 Å². The number of benzene rings is 1. The first-order chi connectivity index (χ1) is 9.88. The van der Waals surface area contributed by atoms with Gasteiger partial charge in [-0.2, -0.15) is 13.2 Å². The van der Waals surface area contributed by atoms with Crippen LogP contribution in [0.5, 0.6) is 0 Å². The normalized spacial score (nSPS) is 17.3. The third-order valence-corrected chi connectivity index (χ3v) is 3.75. The van der Waals surface area contributed by atoms with Crippen molar-refractivity contribution < 1.29 is 18.0 Å². The summed E-state index contributed by atoms with van der Waals surface area (Å²) in [6, 6.07) is 7.34. The Bertz CT molecular complexity index is 477. The van der Waals surface area contributed by atoms with Crippen LogP contribution < -0.4 is 11.1 Å². The molecular weight excluding hydrogens is 317 g/mol. The van der Waals surface area contributed by atoms with E-state index < -0.39 is 24.4 Å². The summed E-state index contributed by atoms with van der Waals surface area (Å²) in [7, 11) is 0. The summed E-state index contributed by atoms with van der Waals surface area (Å²) in [5.74, 6) is -1.99. The largest absolute Gasteiger partial charge is 0.396 e. The summed E-state index contributed by atoms with van der Waals surface area (Å²) in [5.41, 5.74) is 5.92. The van der Waals surface area contributed by atoms with E-state index in [2.05, 4.69) is 5.32 Å². The van der Waals surface area contributed by atoms with Gasteiger partial charge in [-0.25, -0.2) is 0 Å². The van der Waals surface area contributed by atoms with Crippen molar-refractivity contribution in [2.24, 2.45) is 11.7 Å². The van der Waals surface area contributed by atoms with E-state index >= 15 is 0 Å². The molecule has 1 aromatic rings. The molecule has 0 spiro atoms. The van der Waals surface area contributed by atoms with Crippen LogP contribution in [0, 0.1) is 5.92 Å². The van der Waals surface area contributed by atoms with Gasteiger partial charge in [-0.15, -0.1) is 12.4 Å². The number of hydrogen-bond acceptors (Lipinski definition) is 2. The number of nitrogens with one attached hydrogen (secondary N) is 1. The Morgan fingerprint density at radius 3 is 2.36 bits per heavy atom. The summed E-state index contributed by atoms with van der Waals surface area (Å²) in [6.45, 7) is 0.239. The average Bonchev–Trinajstić information content (AvgIpc) is 3.26. The fourth-order valence-corrected chi connectivity index (χ4v) is 2.29. The second kappa shape index (κ2) is 7.83. The van der Waals surface area contributed by atoms with Crippen molar-refractivity contribution in [3.05, 3.63) is 35.9 Å². The molecule has 0 radical (unpaired) electrons. The van der Waals surface area contributed by atoms with Crippen molar-refractivity contribution in [2.45, 2.75) is 37.4 Å². The second-order valence-electron chi connectivity index (χ2n) is 5.51. The van der Waals surface area contributed by atoms with Crippen LogP contribution in [0.2, 0.25) is 0 Å². The zero-order chi connectivity index (χ0) is 15.5. The van der Waals surface area contributed by atoms with E-state index in [0.717, 1.165) is 12.8 Å². The van der Waals surface area contributed by atoms with Gasteiger partial charge in [-0.1, -0.05) is 30.3 Å². The molecule has 22 heavy (non-hydrogen) atoms. The molecule has 1 fully saturated rings. The van der Waals surface area contributed by atoms with Gasteiger partial charge in [0.15, 0.2) is 0 Å². The zero-order valence-electron chi connectivity index (χ0n) is 12.0. The molecule has 1 saturated carbocycles. The van der Waals surface area contributed by atoms with Crippen molar-refractivity contribution in [2.75, 3.05) is 6.54 Å². The van der Waals surface area contributed by atoms with E-state index in [9.17, 15) is 18.0 Å². The molecule has 3 nitrogen and oxygen atoms in total. The lowest BCUT2D eigenvalue weighted by molar-refractivity contribution is -0.157. The van der Waals surface area contributed by atoms with Crippen LogP contribution in [0.1, 0.15) is 30.7 Å². The Morgan fingerprint density at radius 2 is 1.86 bits per heavy atom. The third kappa shape index (κ3) is 5.50. The van der Waals surface area contributed by atoms with Crippen LogP contribution in [0.15, 0.2) is 30.3 Å². The lowest BCUT2D eigenvalue weighted by Crippen LogP contribution is -2.39. The van der Waals surface area contributed by atoms with Gasteiger partial charge >= 0.3 is 6.18 Å². The van der Waals surface area contributed by atoms with Gasteiger partial charge in [-0.05, 0) is 24.3 Å². The van der Waals surface area contributed by atoms with Gasteiger partial charge in [-0.3, -0.25) is 4.79 Å². The van der Waals surface area contributed by atoms with E-state index in [1.807, 2.05) is 0 Å². The van der Waals surface area contributed by atoms with Gasteiger partial charge < -0.3 is 11.1 Å². The fraction of sp³-hybridized carbons (Fsp3) is 0.533. The van der Waals surface area contributed by atoms with E-state index in [1.54, 1.807) is 6.07 Å². The fourth-order valence-electron chi connectivity index (χ4n) is 2.29. The SMILES string of the molecule is Cl.NC(CNC(=O)CC(c1ccccc1)C(F)(F)F)C1CC1. The Balaban J connectivity index is 0.00000242. The molecule has 2 unspecified atom stereocenters. The molecule has 3 N–H and O–H groups in total. The molecule has 1 amide bonds. The van der Waals surface area contributed by atoms with Crippen LogP contribution in [0.3, 0.4) is 0 Å². The molecular formula is C15H20ClF3N2O. The minimum Gasteiger partial charge on any atom is -0.355 e. The molecule has 0 bridgehead atoms. The third-order valence-electron chi connectivity index (χ3n) is 3.75. The van der Waals surface area contributed by atoms with Crippen molar-refractivity contribution in [3.63, 3.8) is 0 Å². The molecule has 1 aromatic carbocycles. The van der Waals surface area contributed by atoms with Gasteiger partial charge in [0.25, 0.3) is 0 Å². The number of carbonyl (C=O) groups excluding carboxylic acids is 1. The molecule has 2 rings (SSSR count).